The van der Waals surface area contributed by atoms with Crippen LogP contribution in [0.25, 0.3) is 10.9 Å². The standard InChI is InChI=1S/C17H15N2O/c1-12-10-14(11-13-6-8-15(18)9-7-13)16-4-2-3-5-17(16)19(12)20/h2-10,18H,11H2,1H3. The zero-order chi connectivity index (χ0) is 14.1. The molecule has 0 spiro atoms. The second-order valence-corrected chi connectivity index (χ2v) is 5.00. The maximum atomic E-state index is 12.1. The number of hydrogen-bond acceptors (Lipinski definition) is 1. The minimum absolute atomic E-state index is 0.514. The number of para-hydroxylation sites is 1. The highest BCUT2D eigenvalue weighted by Crippen LogP contribution is 2.20. The van der Waals surface area contributed by atoms with E-state index in [2.05, 4.69) is 0 Å². The predicted octanol–water partition coefficient (Wildman–Crippen LogP) is 3.29. The van der Waals surface area contributed by atoms with Crippen LogP contribution in [0, 0.1) is 12.1 Å². The first-order chi connectivity index (χ1) is 9.65. The maximum absolute atomic E-state index is 12.1. The van der Waals surface area contributed by atoms with Crippen molar-refractivity contribution in [1.82, 2.24) is 5.73 Å². The lowest BCUT2D eigenvalue weighted by Gasteiger charge is -2.10. The summed E-state index contributed by atoms with van der Waals surface area (Å²) in [6.07, 6.45) is 0.766. The van der Waals surface area contributed by atoms with Crippen LogP contribution in [0.2, 0.25) is 0 Å². The molecule has 0 aliphatic rings. The van der Waals surface area contributed by atoms with Crippen molar-refractivity contribution in [2.24, 2.45) is 0 Å². The summed E-state index contributed by atoms with van der Waals surface area (Å²) in [5.41, 5.74) is 11.7. The summed E-state index contributed by atoms with van der Waals surface area (Å²) < 4.78 is 0.978. The van der Waals surface area contributed by atoms with E-state index in [4.69, 9.17) is 5.73 Å². The number of nitrogens with zero attached hydrogens (tertiary/aromatic N) is 1. The monoisotopic (exact) mass is 263 g/mol. The lowest BCUT2D eigenvalue weighted by Crippen LogP contribution is -2.31. The van der Waals surface area contributed by atoms with Crippen molar-refractivity contribution in [2.45, 2.75) is 13.3 Å². The molecule has 3 heteroatoms. The molecule has 0 amide bonds. The third kappa shape index (κ3) is 2.18. The Balaban J connectivity index is 2.11. The van der Waals surface area contributed by atoms with Crippen LogP contribution in [0.5, 0.6) is 0 Å². The molecular formula is C17H15N2O. The van der Waals surface area contributed by atoms with E-state index >= 15 is 0 Å². The summed E-state index contributed by atoms with van der Waals surface area (Å²) in [5, 5.41) is 13.1. The van der Waals surface area contributed by atoms with Crippen LogP contribution in [0.4, 0.5) is 5.69 Å². The first-order valence-corrected chi connectivity index (χ1v) is 6.56. The van der Waals surface area contributed by atoms with Gasteiger partial charge in [-0.25, -0.2) is 0 Å². The van der Waals surface area contributed by atoms with Crippen LogP contribution in [0.3, 0.4) is 0 Å². The second kappa shape index (κ2) is 4.85. The average molecular weight is 263 g/mol. The maximum Gasteiger partial charge on any atom is 0.224 e. The molecule has 3 rings (SSSR count). The van der Waals surface area contributed by atoms with Gasteiger partial charge in [-0.2, -0.15) is 4.73 Å². The van der Waals surface area contributed by atoms with Crippen LogP contribution in [0.15, 0.2) is 54.6 Å². The van der Waals surface area contributed by atoms with Crippen molar-refractivity contribution >= 4 is 16.6 Å². The smallest absolute Gasteiger partial charge is 0.224 e. The lowest BCUT2D eigenvalue weighted by molar-refractivity contribution is -0.584. The van der Waals surface area contributed by atoms with E-state index in [0.717, 1.165) is 27.7 Å². The van der Waals surface area contributed by atoms with Gasteiger partial charge in [0.25, 0.3) is 0 Å². The van der Waals surface area contributed by atoms with E-state index < -0.39 is 0 Å². The Labute approximate surface area is 117 Å². The number of rotatable bonds is 2. The van der Waals surface area contributed by atoms with Crippen molar-refractivity contribution < 1.29 is 4.73 Å². The SMILES string of the molecule is Cc1cc(Cc2ccc([NH])cc2)c2ccccc2[n+]1[O-]. The number of nitrogens with one attached hydrogen (secondary N) is 1. The molecule has 0 unspecified atom stereocenters. The van der Waals surface area contributed by atoms with Crippen LogP contribution in [0.1, 0.15) is 16.8 Å². The minimum atomic E-state index is 0.514. The van der Waals surface area contributed by atoms with Gasteiger partial charge >= 0.3 is 0 Å². The Morgan fingerprint density at radius 2 is 1.75 bits per heavy atom. The second-order valence-electron chi connectivity index (χ2n) is 5.00. The first-order valence-electron chi connectivity index (χ1n) is 6.56. The van der Waals surface area contributed by atoms with Gasteiger partial charge in [-0.1, -0.05) is 24.3 Å². The van der Waals surface area contributed by atoms with Gasteiger partial charge in [0.05, 0.1) is 11.1 Å². The van der Waals surface area contributed by atoms with Crippen molar-refractivity contribution in [3.63, 3.8) is 0 Å². The number of pyridine rings is 1. The van der Waals surface area contributed by atoms with Gasteiger partial charge in [-0.15, -0.1) is 0 Å². The van der Waals surface area contributed by atoms with Crippen LogP contribution >= 0.6 is 0 Å². The van der Waals surface area contributed by atoms with Crippen molar-refractivity contribution in [2.75, 3.05) is 0 Å². The van der Waals surface area contributed by atoms with Crippen LogP contribution in [-0.4, -0.2) is 0 Å². The summed E-state index contributed by atoms with van der Waals surface area (Å²) in [5.74, 6) is 0. The summed E-state index contributed by atoms with van der Waals surface area (Å²) in [6.45, 7) is 1.83. The van der Waals surface area contributed by atoms with E-state index in [1.165, 1.54) is 0 Å². The quantitative estimate of drug-likeness (QED) is 0.517. The molecule has 3 nitrogen and oxygen atoms in total. The molecule has 0 saturated carbocycles. The molecule has 0 aliphatic carbocycles. The third-order valence-corrected chi connectivity index (χ3v) is 3.52. The number of hydrogen-bond donors (Lipinski definition) is 0. The van der Waals surface area contributed by atoms with Gasteiger partial charge in [0.1, 0.15) is 0 Å². The Morgan fingerprint density at radius 1 is 1.05 bits per heavy atom. The van der Waals surface area contributed by atoms with Gasteiger partial charge in [0.2, 0.25) is 5.52 Å². The van der Waals surface area contributed by atoms with Crippen molar-refractivity contribution in [3.8, 4) is 0 Å². The first kappa shape index (κ1) is 12.5. The summed E-state index contributed by atoms with van der Waals surface area (Å²) in [4.78, 5) is 0. The van der Waals surface area contributed by atoms with Gasteiger partial charge in [0, 0.05) is 19.1 Å². The number of benzene rings is 2. The lowest BCUT2D eigenvalue weighted by atomic mass is 10.00. The molecule has 0 fully saturated rings. The highest BCUT2D eigenvalue weighted by Gasteiger charge is 2.12. The molecule has 99 valence electrons. The molecule has 20 heavy (non-hydrogen) atoms. The van der Waals surface area contributed by atoms with Gasteiger partial charge in [0.15, 0.2) is 5.69 Å². The highest BCUT2D eigenvalue weighted by atomic mass is 16.5. The fourth-order valence-corrected chi connectivity index (χ4v) is 2.49. The van der Waals surface area contributed by atoms with E-state index in [1.807, 2.05) is 49.4 Å². The molecule has 3 aromatic rings. The van der Waals surface area contributed by atoms with E-state index in [-0.39, 0.29) is 0 Å². The van der Waals surface area contributed by atoms with Crippen molar-refractivity contribution in [1.29, 1.82) is 0 Å². The Kier molecular flexibility index (Phi) is 3.03. The van der Waals surface area contributed by atoms with Gasteiger partial charge in [-0.05, 0) is 35.7 Å². The third-order valence-electron chi connectivity index (χ3n) is 3.52. The predicted molar refractivity (Wildman–Crippen MR) is 79.6 cm³/mol. The zero-order valence-corrected chi connectivity index (χ0v) is 11.3. The summed E-state index contributed by atoms with van der Waals surface area (Å²) >= 11 is 0. The molecule has 0 saturated heterocycles. The number of fused-ring (bicyclic) bond motifs is 1. The molecular weight excluding hydrogens is 248 g/mol. The molecule has 1 N–H and O–H groups in total. The van der Waals surface area contributed by atoms with Crippen molar-refractivity contribution in [3.05, 3.63) is 76.6 Å². The number of aromatic nitrogens is 1. The van der Waals surface area contributed by atoms with E-state index in [9.17, 15) is 5.21 Å². The number of aryl methyl sites for hydroxylation is 1. The summed E-state index contributed by atoms with van der Waals surface area (Å²) in [6, 6.07) is 17.1. The summed E-state index contributed by atoms with van der Waals surface area (Å²) in [7, 11) is 0. The molecule has 1 radical (unpaired) electrons. The molecule has 0 bridgehead atoms. The Hall–Kier alpha value is -2.55. The van der Waals surface area contributed by atoms with Gasteiger partial charge < -0.3 is 10.9 Å². The van der Waals surface area contributed by atoms with Gasteiger partial charge in [-0.3, -0.25) is 0 Å². The molecule has 2 aromatic carbocycles. The molecule has 0 atom stereocenters. The molecule has 1 heterocycles. The Bertz CT molecular complexity index is 764. The molecule has 0 aliphatic heterocycles. The fraction of sp³-hybridized carbons (Fsp3) is 0.118. The van der Waals surface area contributed by atoms with Crippen LogP contribution in [-0.2, 0) is 6.42 Å². The minimum Gasteiger partial charge on any atom is -0.618 e. The topological polar surface area (TPSA) is 50.7 Å². The molecule has 1 aromatic heterocycles. The Morgan fingerprint density at radius 3 is 2.50 bits per heavy atom. The zero-order valence-electron chi connectivity index (χ0n) is 11.3. The fourth-order valence-electron chi connectivity index (χ4n) is 2.49. The van der Waals surface area contributed by atoms with E-state index in [0.29, 0.717) is 16.9 Å². The largest absolute Gasteiger partial charge is 0.618 e. The van der Waals surface area contributed by atoms with E-state index in [1.54, 1.807) is 12.1 Å². The van der Waals surface area contributed by atoms with Crippen LogP contribution < -0.4 is 10.5 Å². The highest BCUT2D eigenvalue weighted by molar-refractivity contribution is 5.80. The average Bonchev–Trinajstić information content (AvgIpc) is 2.47. The normalized spacial score (nSPS) is 10.8.